The van der Waals surface area contributed by atoms with Gasteiger partial charge in [-0.3, -0.25) is 0 Å². The molecule has 0 atom stereocenters. The first-order valence-corrected chi connectivity index (χ1v) is 10.5. The van der Waals surface area contributed by atoms with Crippen LogP contribution < -0.4 is 0 Å². The first-order chi connectivity index (χ1) is 13.5. The van der Waals surface area contributed by atoms with Crippen LogP contribution in [0.2, 0.25) is 0 Å². The zero-order valence-corrected chi connectivity index (χ0v) is 16.6. The molecule has 0 N–H and O–H groups in total. The third-order valence-electron chi connectivity index (χ3n) is 4.83. The molecule has 0 aliphatic heterocycles. The summed E-state index contributed by atoms with van der Waals surface area (Å²) in [6, 6.07) is 24.3. The van der Waals surface area contributed by atoms with Crippen LogP contribution in [0.3, 0.4) is 0 Å². The van der Waals surface area contributed by atoms with Crippen molar-refractivity contribution < 1.29 is 13.2 Å². The molecule has 142 valence electrons. The van der Waals surface area contributed by atoms with Gasteiger partial charge in [-0.2, -0.15) is 0 Å². The quantitative estimate of drug-likeness (QED) is 0.481. The number of benzene rings is 3. The molecule has 0 spiro atoms. The normalized spacial score (nSPS) is 11.8. The highest BCUT2D eigenvalue weighted by molar-refractivity contribution is 7.90. The van der Waals surface area contributed by atoms with E-state index in [1.54, 1.807) is 19.2 Å². The van der Waals surface area contributed by atoms with Crippen LogP contribution in [-0.2, 0) is 21.4 Å². The van der Waals surface area contributed by atoms with Crippen LogP contribution in [0.15, 0.2) is 83.8 Å². The smallest absolute Gasteiger partial charge is 0.268 e. The van der Waals surface area contributed by atoms with Gasteiger partial charge in [-0.05, 0) is 30.7 Å². The van der Waals surface area contributed by atoms with Crippen LogP contribution in [0.1, 0.15) is 11.3 Å². The first-order valence-electron chi connectivity index (χ1n) is 9.03. The molecule has 0 aliphatic rings. The fourth-order valence-corrected chi connectivity index (χ4v) is 5.09. The van der Waals surface area contributed by atoms with Crippen molar-refractivity contribution in [2.24, 2.45) is 0 Å². The van der Waals surface area contributed by atoms with Crippen LogP contribution >= 0.6 is 0 Å². The van der Waals surface area contributed by atoms with E-state index in [-0.39, 0.29) is 11.5 Å². The van der Waals surface area contributed by atoms with Crippen molar-refractivity contribution in [3.63, 3.8) is 0 Å². The second-order valence-electron chi connectivity index (χ2n) is 6.72. The van der Waals surface area contributed by atoms with Gasteiger partial charge in [0.15, 0.2) is 0 Å². The summed E-state index contributed by atoms with van der Waals surface area (Å²) in [5, 5.41) is 0.886. The number of hydrogen-bond donors (Lipinski definition) is 0. The van der Waals surface area contributed by atoms with E-state index in [0.717, 1.165) is 22.1 Å². The molecule has 5 heteroatoms. The number of rotatable bonds is 5. The molecule has 0 bridgehead atoms. The third kappa shape index (κ3) is 3.03. The van der Waals surface area contributed by atoms with E-state index in [4.69, 9.17) is 4.74 Å². The number of aromatic nitrogens is 1. The van der Waals surface area contributed by atoms with Crippen molar-refractivity contribution in [1.82, 2.24) is 3.97 Å². The second kappa shape index (κ2) is 7.26. The highest BCUT2D eigenvalue weighted by Crippen LogP contribution is 2.37. The molecule has 1 heterocycles. The Morgan fingerprint density at radius 3 is 2.18 bits per heavy atom. The Bertz CT molecular complexity index is 1220. The number of fused-ring (bicyclic) bond motifs is 1. The number of nitrogens with zero attached hydrogens (tertiary/aromatic N) is 1. The van der Waals surface area contributed by atoms with Gasteiger partial charge in [0.05, 0.1) is 22.7 Å². The maximum atomic E-state index is 13.6. The Balaban J connectivity index is 2.09. The molecule has 0 aliphatic carbocycles. The van der Waals surface area contributed by atoms with Crippen molar-refractivity contribution in [1.29, 1.82) is 0 Å². The lowest BCUT2D eigenvalue weighted by molar-refractivity contribution is 0.181. The molecule has 4 rings (SSSR count). The van der Waals surface area contributed by atoms with Gasteiger partial charge in [-0.15, -0.1) is 0 Å². The molecule has 0 unspecified atom stereocenters. The van der Waals surface area contributed by atoms with Gasteiger partial charge >= 0.3 is 0 Å². The van der Waals surface area contributed by atoms with Crippen LogP contribution in [0, 0.1) is 6.92 Å². The maximum Gasteiger partial charge on any atom is 0.268 e. The van der Waals surface area contributed by atoms with Crippen molar-refractivity contribution in [2.45, 2.75) is 18.4 Å². The average Bonchev–Trinajstić information content (AvgIpc) is 3.04. The minimum atomic E-state index is -3.79. The summed E-state index contributed by atoms with van der Waals surface area (Å²) in [4.78, 5) is 0.260. The van der Waals surface area contributed by atoms with E-state index in [0.29, 0.717) is 11.2 Å². The van der Waals surface area contributed by atoms with Crippen LogP contribution in [-0.4, -0.2) is 19.5 Å². The number of aryl methyl sites for hydroxylation is 1. The van der Waals surface area contributed by atoms with Gasteiger partial charge in [0.2, 0.25) is 0 Å². The monoisotopic (exact) mass is 391 g/mol. The summed E-state index contributed by atoms with van der Waals surface area (Å²) >= 11 is 0. The largest absolute Gasteiger partial charge is 0.378 e. The molecular formula is C23H21NO3S. The van der Waals surface area contributed by atoms with E-state index < -0.39 is 10.0 Å². The number of hydrogen-bond acceptors (Lipinski definition) is 3. The lowest BCUT2D eigenvalue weighted by Crippen LogP contribution is -2.16. The zero-order chi connectivity index (χ0) is 19.7. The van der Waals surface area contributed by atoms with Crippen LogP contribution in [0.5, 0.6) is 0 Å². The highest BCUT2D eigenvalue weighted by atomic mass is 32.2. The topological polar surface area (TPSA) is 48.3 Å². The summed E-state index contributed by atoms with van der Waals surface area (Å²) in [5.41, 5.74) is 4.13. The van der Waals surface area contributed by atoms with Gasteiger partial charge in [0.1, 0.15) is 0 Å². The fraction of sp³-hybridized carbons (Fsp3) is 0.130. The van der Waals surface area contributed by atoms with Crippen molar-refractivity contribution in [2.75, 3.05) is 7.11 Å². The maximum absolute atomic E-state index is 13.6. The fourth-order valence-electron chi connectivity index (χ4n) is 3.55. The van der Waals surface area contributed by atoms with E-state index >= 15 is 0 Å². The minimum Gasteiger partial charge on any atom is -0.378 e. The van der Waals surface area contributed by atoms with Gasteiger partial charge < -0.3 is 4.74 Å². The SMILES string of the molecule is COCc1c(-c2ccccc2)c2ccccc2n1S(=O)(=O)c1ccc(C)cc1. The molecule has 1 aromatic heterocycles. The zero-order valence-electron chi connectivity index (χ0n) is 15.8. The van der Waals surface area contributed by atoms with E-state index in [9.17, 15) is 8.42 Å². The Hall–Kier alpha value is -2.89. The summed E-state index contributed by atoms with van der Waals surface area (Å²) in [7, 11) is -2.21. The first kappa shape index (κ1) is 18.5. The molecule has 4 aromatic rings. The summed E-state index contributed by atoms with van der Waals surface area (Å²) in [5.74, 6) is 0. The summed E-state index contributed by atoms with van der Waals surface area (Å²) < 4.78 is 34.1. The van der Waals surface area contributed by atoms with E-state index in [2.05, 4.69) is 0 Å². The van der Waals surface area contributed by atoms with Crippen LogP contribution in [0.25, 0.3) is 22.0 Å². The van der Waals surface area contributed by atoms with Gasteiger partial charge in [0, 0.05) is 18.1 Å². The highest BCUT2D eigenvalue weighted by Gasteiger charge is 2.27. The molecule has 0 saturated heterocycles. The Morgan fingerprint density at radius 2 is 1.50 bits per heavy atom. The Labute approximate surface area is 165 Å². The van der Waals surface area contributed by atoms with Gasteiger partial charge in [-0.1, -0.05) is 66.2 Å². The molecule has 0 saturated carbocycles. The number of para-hydroxylation sites is 1. The van der Waals surface area contributed by atoms with Crippen LogP contribution in [0.4, 0.5) is 0 Å². The minimum absolute atomic E-state index is 0.185. The molecule has 3 aromatic carbocycles. The van der Waals surface area contributed by atoms with E-state index in [1.165, 1.54) is 3.97 Å². The molecule has 28 heavy (non-hydrogen) atoms. The van der Waals surface area contributed by atoms with Crippen molar-refractivity contribution >= 4 is 20.9 Å². The second-order valence-corrected chi connectivity index (χ2v) is 8.51. The Kier molecular flexibility index (Phi) is 4.79. The third-order valence-corrected chi connectivity index (χ3v) is 6.59. The van der Waals surface area contributed by atoms with Crippen molar-refractivity contribution in [3.8, 4) is 11.1 Å². The Morgan fingerprint density at radius 1 is 0.857 bits per heavy atom. The standard InChI is InChI=1S/C23H21NO3S/c1-17-12-14-19(15-13-17)28(25,26)24-21-11-7-6-10-20(21)23(22(24)16-27-2)18-8-4-3-5-9-18/h3-15H,16H2,1-2H3. The van der Waals surface area contributed by atoms with E-state index in [1.807, 2.05) is 73.7 Å². The summed E-state index contributed by atoms with van der Waals surface area (Å²) in [6.07, 6.45) is 0. The molecule has 0 amide bonds. The number of methoxy groups -OCH3 is 1. The lowest BCUT2D eigenvalue weighted by atomic mass is 10.0. The predicted molar refractivity (Wildman–Crippen MR) is 112 cm³/mol. The van der Waals surface area contributed by atoms with Crippen molar-refractivity contribution in [3.05, 3.63) is 90.1 Å². The molecule has 4 nitrogen and oxygen atoms in total. The molecule has 0 radical (unpaired) electrons. The lowest BCUT2D eigenvalue weighted by Gasteiger charge is -2.13. The average molecular weight is 391 g/mol. The number of ether oxygens (including phenoxy) is 1. The predicted octanol–water partition coefficient (Wildman–Crippen LogP) is 5.00. The molecular weight excluding hydrogens is 370 g/mol. The van der Waals surface area contributed by atoms with Gasteiger partial charge in [-0.25, -0.2) is 12.4 Å². The van der Waals surface area contributed by atoms with Gasteiger partial charge in [0.25, 0.3) is 10.0 Å². The molecule has 0 fully saturated rings. The summed E-state index contributed by atoms with van der Waals surface area (Å²) in [6.45, 7) is 2.12.